The van der Waals surface area contributed by atoms with Crippen molar-refractivity contribution in [1.29, 1.82) is 0 Å². The number of aromatic amines is 1. The zero-order chi connectivity index (χ0) is 12.3. The van der Waals surface area contributed by atoms with E-state index in [4.69, 9.17) is 0 Å². The van der Waals surface area contributed by atoms with Crippen LogP contribution in [0, 0.1) is 5.41 Å². The quantitative estimate of drug-likeness (QED) is 0.805. The highest BCUT2D eigenvalue weighted by atomic mass is 14.9. The first-order valence-electron chi connectivity index (χ1n) is 6.38. The smallest absolute Gasteiger partial charge is 0.0457 e. The summed E-state index contributed by atoms with van der Waals surface area (Å²) < 4.78 is 0. The normalized spacial score (nSPS) is 12.2. The molecule has 2 aromatic rings. The highest BCUT2D eigenvalue weighted by Crippen LogP contribution is 2.20. The Morgan fingerprint density at radius 1 is 1.24 bits per heavy atom. The van der Waals surface area contributed by atoms with Gasteiger partial charge in [-0.3, -0.25) is 0 Å². The van der Waals surface area contributed by atoms with Crippen molar-refractivity contribution in [1.82, 2.24) is 10.3 Å². The molecule has 2 nitrogen and oxygen atoms in total. The topological polar surface area (TPSA) is 27.8 Å². The summed E-state index contributed by atoms with van der Waals surface area (Å²) in [7, 11) is 0. The van der Waals surface area contributed by atoms with Crippen LogP contribution < -0.4 is 5.32 Å². The fraction of sp³-hybridized carbons (Fsp3) is 0.467. The Kier molecular flexibility index (Phi) is 3.53. The largest absolute Gasteiger partial charge is 0.361 e. The minimum atomic E-state index is 0.381. The number of H-pyrrole nitrogens is 1. The van der Waals surface area contributed by atoms with E-state index in [9.17, 15) is 0 Å². The van der Waals surface area contributed by atoms with E-state index in [0.717, 1.165) is 13.1 Å². The number of fused-ring (bicyclic) bond motifs is 1. The van der Waals surface area contributed by atoms with E-state index in [1.165, 1.54) is 22.9 Å². The summed E-state index contributed by atoms with van der Waals surface area (Å²) in [6.45, 7) is 8.85. The molecule has 0 amide bonds. The van der Waals surface area contributed by atoms with Crippen LogP contribution in [0.15, 0.2) is 30.5 Å². The summed E-state index contributed by atoms with van der Waals surface area (Å²) in [6, 6.07) is 8.58. The lowest BCUT2D eigenvalue weighted by Crippen LogP contribution is -2.28. The zero-order valence-corrected chi connectivity index (χ0v) is 11.0. The maximum Gasteiger partial charge on any atom is 0.0457 e. The molecular formula is C15H22N2. The maximum atomic E-state index is 3.56. The van der Waals surface area contributed by atoms with Gasteiger partial charge in [-0.25, -0.2) is 0 Å². The Morgan fingerprint density at radius 3 is 2.82 bits per heavy atom. The van der Waals surface area contributed by atoms with Crippen molar-refractivity contribution in [2.45, 2.75) is 33.7 Å². The number of hydrogen-bond acceptors (Lipinski definition) is 1. The second-order valence-corrected chi connectivity index (χ2v) is 5.48. The lowest BCUT2D eigenvalue weighted by atomic mass is 9.90. The molecular weight excluding hydrogens is 208 g/mol. The number of benzene rings is 1. The minimum Gasteiger partial charge on any atom is -0.361 e. The van der Waals surface area contributed by atoms with Crippen LogP contribution >= 0.6 is 0 Å². The van der Waals surface area contributed by atoms with Crippen molar-refractivity contribution in [3.63, 3.8) is 0 Å². The summed E-state index contributed by atoms with van der Waals surface area (Å²) >= 11 is 0. The summed E-state index contributed by atoms with van der Waals surface area (Å²) in [5, 5.41) is 4.89. The minimum absolute atomic E-state index is 0.381. The van der Waals surface area contributed by atoms with Gasteiger partial charge < -0.3 is 10.3 Å². The van der Waals surface area contributed by atoms with Crippen molar-refractivity contribution < 1.29 is 0 Å². The third-order valence-corrected chi connectivity index (χ3v) is 3.56. The van der Waals surface area contributed by atoms with Crippen molar-refractivity contribution >= 4 is 10.9 Å². The average molecular weight is 230 g/mol. The van der Waals surface area contributed by atoms with Crippen molar-refractivity contribution in [2.75, 3.05) is 6.54 Å². The van der Waals surface area contributed by atoms with Gasteiger partial charge in [-0.15, -0.1) is 0 Å². The van der Waals surface area contributed by atoms with Crippen molar-refractivity contribution in [3.05, 3.63) is 36.0 Å². The number of nitrogens with one attached hydrogen (secondary N) is 2. The molecule has 2 heteroatoms. The van der Waals surface area contributed by atoms with Gasteiger partial charge in [0.05, 0.1) is 0 Å². The van der Waals surface area contributed by atoms with E-state index in [2.05, 4.69) is 55.3 Å². The molecule has 0 saturated heterocycles. The number of rotatable bonds is 5. The van der Waals surface area contributed by atoms with Crippen LogP contribution in [0.5, 0.6) is 0 Å². The highest BCUT2D eigenvalue weighted by molar-refractivity contribution is 5.82. The number of hydrogen-bond donors (Lipinski definition) is 2. The monoisotopic (exact) mass is 230 g/mol. The fourth-order valence-corrected chi connectivity index (χ4v) is 1.97. The van der Waals surface area contributed by atoms with E-state index in [0.29, 0.717) is 5.41 Å². The van der Waals surface area contributed by atoms with E-state index >= 15 is 0 Å². The van der Waals surface area contributed by atoms with Gasteiger partial charge in [0, 0.05) is 30.2 Å². The predicted molar refractivity (Wildman–Crippen MR) is 74.1 cm³/mol. The molecule has 1 aromatic carbocycles. The molecule has 0 radical (unpaired) electrons. The van der Waals surface area contributed by atoms with E-state index in [1.807, 2.05) is 6.20 Å². The van der Waals surface area contributed by atoms with Crippen LogP contribution in [0.3, 0.4) is 0 Å². The Hall–Kier alpha value is -1.28. The molecule has 17 heavy (non-hydrogen) atoms. The molecule has 92 valence electrons. The number of aromatic nitrogens is 1. The third kappa shape index (κ3) is 2.89. The Morgan fingerprint density at radius 2 is 2.06 bits per heavy atom. The summed E-state index contributed by atoms with van der Waals surface area (Å²) in [4.78, 5) is 3.25. The van der Waals surface area contributed by atoms with Gasteiger partial charge in [0.25, 0.3) is 0 Å². The van der Waals surface area contributed by atoms with Gasteiger partial charge >= 0.3 is 0 Å². The molecule has 0 saturated carbocycles. The van der Waals surface area contributed by atoms with E-state index in [-0.39, 0.29) is 0 Å². The first-order valence-corrected chi connectivity index (χ1v) is 6.38. The predicted octanol–water partition coefficient (Wildman–Crippen LogP) is 3.69. The van der Waals surface area contributed by atoms with Crippen LogP contribution in [0.25, 0.3) is 10.9 Å². The van der Waals surface area contributed by atoms with Gasteiger partial charge in [-0.05, 0) is 29.5 Å². The van der Waals surface area contributed by atoms with Crippen LogP contribution in [0.1, 0.15) is 32.8 Å². The van der Waals surface area contributed by atoms with Gasteiger partial charge in [0.15, 0.2) is 0 Å². The van der Waals surface area contributed by atoms with Crippen molar-refractivity contribution in [3.8, 4) is 0 Å². The molecule has 0 aliphatic rings. The summed E-state index contributed by atoms with van der Waals surface area (Å²) in [5.74, 6) is 0. The van der Waals surface area contributed by atoms with Crippen LogP contribution in [0.2, 0.25) is 0 Å². The van der Waals surface area contributed by atoms with Crippen LogP contribution in [0.4, 0.5) is 0 Å². The molecule has 0 fully saturated rings. The van der Waals surface area contributed by atoms with E-state index in [1.54, 1.807) is 0 Å². The lowest BCUT2D eigenvalue weighted by molar-refractivity contribution is 0.328. The molecule has 0 bridgehead atoms. The zero-order valence-electron chi connectivity index (χ0n) is 11.0. The van der Waals surface area contributed by atoms with E-state index < -0.39 is 0 Å². The Labute approximate surface area is 103 Å². The summed E-state index contributed by atoms with van der Waals surface area (Å²) in [5.41, 5.74) is 2.97. The molecule has 0 aliphatic carbocycles. The summed E-state index contributed by atoms with van der Waals surface area (Å²) in [6.07, 6.45) is 3.21. The fourth-order valence-electron chi connectivity index (χ4n) is 1.97. The van der Waals surface area contributed by atoms with Crippen LogP contribution in [-0.2, 0) is 6.54 Å². The standard InChI is InChI=1S/C15H22N2/c1-4-15(2,3)11-16-10-12-6-5-7-14-13(12)8-9-17-14/h5-9,16-17H,4,10-11H2,1-3H3. The molecule has 0 aliphatic heterocycles. The molecule has 1 heterocycles. The Bertz CT molecular complexity index is 482. The van der Waals surface area contributed by atoms with Gasteiger partial charge in [0.1, 0.15) is 0 Å². The maximum absolute atomic E-state index is 3.56. The molecule has 1 aromatic heterocycles. The van der Waals surface area contributed by atoms with Crippen molar-refractivity contribution in [2.24, 2.45) is 5.41 Å². The average Bonchev–Trinajstić information content (AvgIpc) is 2.78. The highest BCUT2D eigenvalue weighted by Gasteiger charge is 2.14. The van der Waals surface area contributed by atoms with Crippen LogP contribution in [-0.4, -0.2) is 11.5 Å². The first kappa shape index (κ1) is 12.2. The Balaban J connectivity index is 2.02. The van der Waals surface area contributed by atoms with Gasteiger partial charge in [-0.2, -0.15) is 0 Å². The second kappa shape index (κ2) is 4.92. The molecule has 0 spiro atoms. The SMILES string of the molecule is CCC(C)(C)CNCc1cccc2[nH]ccc12. The third-order valence-electron chi connectivity index (χ3n) is 3.56. The molecule has 0 atom stereocenters. The second-order valence-electron chi connectivity index (χ2n) is 5.48. The van der Waals surface area contributed by atoms with Gasteiger partial charge in [0.2, 0.25) is 0 Å². The molecule has 2 rings (SSSR count). The first-order chi connectivity index (χ1) is 8.12. The molecule has 0 unspecified atom stereocenters. The van der Waals surface area contributed by atoms with Gasteiger partial charge in [-0.1, -0.05) is 32.9 Å². The lowest BCUT2D eigenvalue weighted by Gasteiger charge is -2.23. The molecule has 2 N–H and O–H groups in total.